The molecule has 1 saturated carbocycles. The molecule has 1 aliphatic carbocycles. The van der Waals surface area contributed by atoms with Crippen LogP contribution in [0, 0.1) is 0 Å². The van der Waals surface area contributed by atoms with Crippen molar-refractivity contribution in [3.05, 3.63) is 53.2 Å². The van der Waals surface area contributed by atoms with Crippen molar-refractivity contribution < 1.29 is 9.53 Å². The molecule has 32 heavy (non-hydrogen) atoms. The quantitative estimate of drug-likeness (QED) is 0.597. The van der Waals surface area contributed by atoms with E-state index >= 15 is 0 Å². The van der Waals surface area contributed by atoms with Crippen LogP contribution in [0.2, 0.25) is 0 Å². The van der Waals surface area contributed by atoms with Crippen molar-refractivity contribution in [3.63, 3.8) is 0 Å². The molecule has 1 aromatic heterocycles. The van der Waals surface area contributed by atoms with Crippen LogP contribution in [0.15, 0.2) is 52.6 Å². The molecule has 6 nitrogen and oxygen atoms in total. The predicted molar refractivity (Wildman–Crippen MR) is 131 cm³/mol. The Bertz CT molecular complexity index is 1010. The molecule has 168 valence electrons. The number of carbonyl (C=O) groups is 1. The van der Waals surface area contributed by atoms with Crippen molar-refractivity contribution in [1.29, 1.82) is 0 Å². The number of aromatic nitrogens is 1. The van der Waals surface area contributed by atoms with E-state index in [1.54, 1.807) is 4.90 Å². The Balaban J connectivity index is 1.32. The molecule has 3 aliphatic rings. The summed E-state index contributed by atoms with van der Waals surface area (Å²) in [4.78, 5) is 22.6. The number of aliphatic imine (C=N–C) groups is 1. The molecular formula is C25H30N4O2S. The van der Waals surface area contributed by atoms with Crippen LogP contribution in [0.3, 0.4) is 0 Å². The lowest BCUT2D eigenvalue weighted by molar-refractivity contribution is -0.122. The molecule has 1 aromatic carbocycles. The van der Waals surface area contributed by atoms with Gasteiger partial charge in [-0.25, -0.2) is 4.99 Å². The van der Waals surface area contributed by atoms with Gasteiger partial charge in [0.25, 0.3) is 5.91 Å². The molecule has 3 heterocycles. The van der Waals surface area contributed by atoms with Crippen molar-refractivity contribution in [2.75, 3.05) is 37.7 Å². The average molecular weight is 451 g/mol. The van der Waals surface area contributed by atoms with Crippen LogP contribution >= 0.6 is 11.8 Å². The normalized spacial score (nSPS) is 22.6. The minimum Gasteiger partial charge on any atom is -0.378 e. The minimum absolute atomic E-state index is 0.0369. The van der Waals surface area contributed by atoms with E-state index in [9.17, 15) is 4.79 Å². The highest BCUT2D eigenvalue weighted by Crippen LogP contribution is 2.35. The molecule has 2 saturated heterocycles. The number of likely N-dealkylation sites (N-methyl/N-ethyl adjacent to an activating group) is 1. The van der Waals surface area contributed by atoms with E-state index < -0.39 is 0 Å². The summed E-state index contributed by atoms with van der Waals surface area (Å²) < 4.78 is 7.75. The zero-order valence-corrected chi connectivity index (χ0v) is 19.4. The highest BCUT2D eigenvalue weighted by Gasteiger charge is 2.32. The van der Waals surface area contributed by atoms with Crippen molar-refractivity contribution in [1.82, 2.24) is 9.47 Å². The maximum atomic E-state index is 13.0. The van der Waals surface area contributed by atoms with Gasteiger partial charge in [0.15, 0.2) is 5.17 Å². The Hall–Kier alpha value is -2.51. The van der Waals surface area contributed by atoms with Crippen LogP contribution in [0.25, 0.3) is 6.08 Å². The second-order valence-corrected chi connectivity index (χ2v) is 9.51. The molecule has 0 radical (unpaired) electrons. The zero-order valence-electron chi connectivity index (χ0n) is 18.6. The summed E-state index contributed by atoms with van der Waals surface area (Å²) in [7, 11) is 0. The van der Waals surface area contributed by atoms with Gasteiger partial charge in [-0.1, -0.05) is 12.8 Å². The molecule has 7 heteroatoms. The number of rotatable bonds is 5. The van der Waals surface area contributed by atoms with Crippen molar-refractivity contribution in [2.45, 2.75) is 38.6 Å². The van der Waals surface area contributed by atoms with E-state index in [1.165, 1.54) is 43.1 Å². The second kappa shape index (κ2) is 9.55. The van der Waals surface area contributed by atoms with Crippen LogP contribution in [0.1, 0.15) is 44.2 Å². The highest BCUT2D eigenvalue weighted by atomic mass is 32.2. The number of nitrogens with zero attached hydrogens (tertiary/aromatic N) is 4. The summed E-state index contributed by atoms with van der Waals surface area (Å²) in [5.74, 6) is 0.0369. The number of anilines is 1. The van der Waals surface area contributed by atoms with Crippen molar-refractivity contribution in [2.24, 2.45) is 4.99 Å². The van der Waals surface area contributed by atoms with Crippen molar-refractivity contribution in [3.8, 4) is 0 Å². The number of morpholine rings is 1. The maximum absolute atomic E-state index is 13.0. The number of hydrogen-bond donors (Lipinski definition) is 0. The number of carbonyl (C=O) groups excluding carboxylic acids is 1. The SMILES string of the molecule is CCN1C(=O)/C(=C\c2ccn(C3CCCC3)c2)SC1=Nc1ccc(N2CCOCC2)cc1. The average Bonchev–Trinajstić information content (AvgIpc) is 3.57. The van der Waals surface area contributed by atoms with Gasteiger partial charge < -0.3 is 14.2 Å². The molecule has 0 unspecified atom stereocenters. The van der Waals surface area contributed by atoms with Gasteiger partial charge in [-0.05, 0) is 73.5 Å². The van der Waals surface area contributed by atoms with Gasteiger partial charge in [0, 0.05) is 43.8 Å². The molecule has 1 amide bonds. The lowest BCUT2D eigenvalue weighted by Crippen LogP contribution is -2.36. The Morgan fingerprint density at radius 1 is 1.12 bits per heavy atom. The first kappa shape index (κ1) is 21.3. The fourth-order valence-electron chi connectivity index (χ4n) is 4.64. The third-order valence-corrected chi connectivity index (χ3v) is 7.44. The number of ether oxygens (including phenoxy) is 1. The third-order valence-electron chi connectivity index (χ3n) is 6.44. The molecule has 0 spiro atoms. The fourth-order valence-corrected chi connectivity index (χ4v) is 5.70. The van der Waals surface area contributed by atoms with Crippen LogP contribution in [-0.2, 0) is 9.53 Å². The van der Waals surface area contributed by atoms with Crippen LogP contribution in [-0.4, -0.2) is 53.4 Å². The summed E-state index contributed by atoms with van der Waals surface area (Å²) in [6.45, 7) is 5.98. The van der Waals surface area contributed by atoms with Crippen LogP contribution in [0.4, 0.5) is 11.4 Å². The first-order valence-electron chi connectivity index (χ1n) is 11.6. The molecule has 0 bridgehead atoms. The Morgan fingerprint density at radius 2 is 1.88 bits per heavy atom. The van der Waals surface area contributed by atoms with Gasteiger partial charge in [-0.15, -0.1) is 0 Å². The van der Waals surface area contributed by atoms with E-state index in [2.05, 4.69) is 40.1 Å². The molecule has 2 aliphatic heterocycles. The largest absolute Gasteiger partial charge is 0.378 e. The maximum Gasteiger partial charge on any atom is 0.266 e. The zero-order chi connectivity index (χ0) is 21.9. The van der Waals surface area contributed by atoms with Gasteiger partial charge in [0.1, 0.15) is 0 Å². The molecule has 2 aromatic rings. The summed E-state index contributed by atoms with van der Waals surface area (Å²) in [6.07, 6.45) is 11.5. The fraction of sp³-hybridized carbons (Fsp3) is 0.440. The number of hydrogen-bond acceptors (Lipinski definition) is 5. The van der Waals surface area contributed by atoms with Crippen LogP contribution in [0.5, 0.6) is 0 Å². The summed E-state index contributed by atoms with van der Waals surface area (Å²) >= 11 is 1.47. The molecule has 0 N–H and O–H groups in total. The molecule has 5 rings (SSSR count). The van der Waals surface area contributed by atoms with E-state index in [1.807, 2.05) is 25.1 Å². The number of amides is 1. The number of thioether (sulfide) groups is 1. The Morgan fingerprint density at radius 3 is 2.59 bits per heavy atom. The molecule has 0 atom stereocenters. The lowest BCUT2D eigenvalue weighted by atomic mass is 10.2. The molecular weight excluding hydrogens is 420 g/mol. The van der Waals surface area contributed by atoms with E-state index in [0.29, 0.717) is 12.6 Å². The first-order chi connectivity index (χ1) is 15.7. The number of benzene rings is 1. The van der Waals surface area contributed by atoms with E-state index in [0.717, 1.165) is 47.6 Å². The van der Waals surface area contributed by atoms with Crippen molar-refractivity contribution >= 4 is 40.3 Å². The predicted octanol–water partition coefficient (Wildman–Crippen LogP) is 5.06. The Kier molecular flexibility index (Phi) is 6.37. The highest BCUT2D eigenvalue weighted by molar-refractivity contribution is 8.18. The van der Waals surface area contributed by atoms with E-state index in [-0.39, 0.29) is 5.91 Å². The first-order valence-corrected chi connectivity index (χ1v) is 12.4. The summed E-state index contributed by atoms with van der Waals surface area (Å²) in [6, 6.07) is 11.0. The van der Waals surface area contributed by atoms with Crippen LogP contribution < -0.4 is 4.90 Å². The molecule has 3 fully saturated rings. The van der Waals surface area contributed by atoms with E-state index in [4.69, 9.17) is 9.73 Å². The lowest BCUT2D eigenvalue weighted by Gasteiger charge is -2.28. The monoisotopic (exact) mass is 450 g/mol. The van der Waals surface area contributed by atoms with Gasteiger partial charge in [-0.3, -0.25) is 9.69 Å². The minimum atomic E-state index is 0.0369. The second-order valence-electron chi connectivity index (χ2n) is 8.50. The number of amidine groups is 1. The topological polar surface area (TPSA) is 50.1 Å². The smallest absolute Gasteiger partial charge is 0.266 e. The Labute approximate surface area is 193 Å². The summed E-state index contributed by atoms with van der Waals surface area (Å²) in [5, 5.41) is 0.748. The van der Waals surface area contributed by atoms with Gasteiger partial charge >= 0.3 is 0 Å². The van der Waals surface area contributed by atoms with Gasteiger partial charge in [0.05, 0.1) is 23.8 Å². The van der Waals surface area contributed by atoms with Gasteiger partial charge in [-0.2, -0.15) is 0 Å². The standard InChI is InChI=1S/C25H30N4O2S/c1-2-29-24(30)23(17-19-11-12-28(18-19)21-5-3-4-6-21)32-25(29)26-20-7-9-22(10-8-20)27-13-15-31-16-14-27/h7-12,17-18,21H,2-6,13-16H2,1H3/b23-17+,26-25?. The van der Waals surface area contributed by atoms with Gasteiger partial charge in [0.2, 0.25) is 0 Å². The third kappa shape index (κ3) is 4.50. The summed E-state index contributed by atoms with van der Waals surface area (Å²) in [5.41, 5.74) is 3.14.